The van der Waals surface area contributed by atoms with Crippen molar-refractivity contribution in [3.8, 4) is 77.9 Å². The van der Waals surface area contributed by atoms with Crippen molar-refractivity contribution in [1.82, 2.24) is 0 Å². The molecule has 0 bridgehead atoms. The highest BCUT2D eigenvalue weighted by molar-refractivity contribution is 7.27. The Morgan fingerprint density at radius 2 is 0.403 bits per heavy atom. The van der Waals surface area contributed by atoms with Crippen LogP contribution in [-0.4, -0.2) is 0 Å². The molecule has 0 aliphatic rings. The number of thiophene rings is 2. The molecule has 0 saturated heterocycles. The van der Waals surface area contributed by atoms with Crippen LogP contribution in [0.4, 0.5) is 0 Å². The molecule has 2 heteroatoms. The Kier molecular flexibility index (Phi) is 8.99. The average Bonchev–Trinajstić information content (AvgIpc) is 3.94. The Hall–Kier alpha value is -7.36. The fourth-order valence-electron chi connectivity index (χ4n) is 9.37. The molecular formula is C60H38S2. The maximum absolute atomic E-state index is 2.31. The second-order valence-corrected chi connectivity index (χ2v) is 18.0. The number of fused-ring (bicyclic) bond motifs is 6. The van der Waals surface area contributed by atoms with E-state index in [1.807, 2.05) is 22.7 Å². The van der Waals surface area contributed by atoms with Gasteiger partial charge in [-0.05, 0) is 66.8 Å². The zero-order valence-corrected chi connectivity index (χ0v) is 35.4. The zero-order valence-electron chi connectivity index (χ0n) is 33.8. The van der Waals surface area contributed by atoms with Gasteiger partial charge in [-0.1, -0.05) is 231 Å². The summed E-state index contributed by atoms with van der Waals surface area (Å²) in [5, 5.41) is 5.21. The quantitative estimate of drug-likeness (QED) is 0.150. The molecular weight excluding hydrogens is 785 g/mol. The summed E-state index contributed by atoms with van der Waals surface area (Å²) in [5.41, 5.74) is 17.5. The van der Waals surface area contributed by atoms with Gasteiger partial charge in [-0.2, -0.15) is 0 Å². The lowest BCUT2D eigenvalue weighted by atomic mass is 9.88. The van der Waals surface area contributed by atoms with Crippen LogP contribution in [0.5, 0.6) is 0 Å². The average molecular weight is 823 g/mol. The van der Waals surface area contributed by atoms with Gasteiger partial charge < -0.3 is 0 Å². The summed E-state index contributed by atoms with van der Waals surface area (Å²) < 4.78 is 5.28. The molecule has 0 unspecified atom stereocenters. The highest BCUT2D eigenvalue weighted by Gasteiger charge is 2.20. The van der Waals surface area contributed by atoms with E-state index in [2.05, 4.69) is 231 Å². The SMILES string of the molecule is c1ccc(-c2ccc(-c3cccc4c3sc3c(-c5ccccc5-c5ccccc5-c5cccc6c5sc5c(-c7ccc(-c8ccccc8)cc7)cccc56)cccc34)cc2)cc1. The van der Waals surface area contributed by atoms with Gasteiger partial charge in [0.15, 0.2) is 0 Å². The van der Waals surface area contributed by atoms with E-state index < -0.39 is 0 Å². The summed E-state index contributed by atoms with van der Waals surface area (Å²) in [5.74, 6) is 0. The summed E-state index contributed by atoms with van der Waals surface area (Å²) >= 11 is 3.83. The lowest BCUT2D eigenvalue weighted by Gasteiger charge is -2.16. The Bertz CT molecular complexity index is 3350. The molecule has 0 radical (unpaired) electrons. The van der Waals surface area contributed by atoms with Gasteiger partial charge in [0.05, 0.1) is 0 Å². The van der Waals surface area contributed by atoms with E-state index in [1.54, 1.807) is 0 Å². The Labute approximate surface area is 369 Å². The third-order valence-electron chi connectivity index (χ3n) is 12.4. The monoisotopic (exact) mass is 822 g/mol. The van der Waals surface area contributed by atoms with Crippen LogP contribution in [0, 0.1) is 0 Å². The van der Waals surface area contributed by atoms with Gasteiger partial charge >= 0.3 is 0 Å². The number of hydrogen-bond acceptors (Lipinski definition) is 2. The maximum Gasteiger partial charge on any atom is 0.0434 e. The molecule has 0 nitrogen and oxygen atoms in total. The maximum atomic E-state index is 2.31. The second kappa shape index (κ2) is 15.3. The lowest BCUT2D eigenvalue weighted by Crippen LogP contribution is -1.89. The zero-order chi connectivity index (χ0) is 41.0. The molecule has 62 heavy (non-hydrogen) atoms. The van der Waals surface area contributed by atoms with Gasteiger partial charge in [-0.15, -0.1) is 22.7 Å². The van der Waals surface area contributed by atoms with E-state index in [4.69, 9.17) is 0 Å². The van der Waals surface area contributed by atoms with Crippen molar-refractivity contribution in [3.63, 3.8) is 0 Å². The largest absolute Gasteiger partial charge is 0.134 e. The molecule has 2 heterocycles. The normalized spacial score (nSPS) is 11.5. The molecule has 2 aromatic heterocycles. The van der Waals surface area contributed by atoms with Gasteiger partial charge in [0.25, 0.3) is 0 Å². The third-order valence-corrected chi connectivity index (χ3v) is 15.0. The third kappa shape index (κ3) is 6.19. The highest BCUT2D eigenvalue weighted by Crippen LogP contribution is 2.49. The number of rotatable bonds is 7. The molecule has 12 aromatic rings. The topological polar surface area (TPSA) is 0 Å². The first-order valence-electron chi connectivity index (χ1n) is 21.2. The van der Waals surface area contributed by atoms with Crippen LogP contribution in [0.2, 0.25) is 0 Å². The van der Waals surface area contributed by atoms with Crippen LogP contribution < -0.4 is 0 Å². The molecule has 290 valence electrons. The molecule has 0 N–H and O–H groups in total. The van der Waals surface area contributed by atoms with Crippen molar-refractivity contribution >= 4 is 63.0 Å². The molecule has 12 rings (SSSR count). The molecule has 10 aromatic carbocycles. The lowest BCUT2D eigenvalue weighted by molar-refractivity contribution is 1.59. The smallest absolute Gasteiger partial charge is 0.0434 e. The van der Waals surface area contributed by atoms with E-state index in [0.717, 1.165) is 0 Å². The van der Waals surface area contributed by atoms with Crippen molar-refractivity contribution in [3.05, 3.63) is 231 Å². The Morgan fingerprint density at radius 1 is 0.161 bits per heavy atom. The van der Waals surface area contributed by atoms with Crippen LogP contribution in [-0.2, 0) is 0 Å². The predicted octanol–water partition coefficient (Wildman–Crippen LogP) is 18.1. The van der Waals surface area contributed by atoms with Crippen LogP contribution in [0.3, 0.4) is 0 Å². The van der Waals surface area contributed by atoms with Crippen molar-refractivity contribution < 1.29 is 0 Å². The minimum absolute atomic E-state index is 1.23. The van der Waals surface area contributed by atoms with E-state index in [0.29, 0.717) is 0 Å². The van der Waals surface area contributed by atoms with Crippen LogP contribution in [0.1, 0.15) is 0 Å². The number of benzene rings is 10. The van der Waals surface area contributed by atoms with Crippen molar-refractivity contribution in [2.24, 2.45) is 0 Å². The number of hydrogen-bond donors (Lipinski definition) is 0. The first kappa shape index (κ1) is 36.5. The van der Waals surface area contributed by atoms with Crippen LogP contribution >= 0.6 is 22.7 Å². The molecule has 0 aliphatic heterocycles. The summed E-state index contributed by atoms with van der Waals surface area (Å²) in [6, 6.07) is 84.6. The fourth-order valence-corrected chi connectivity index (χ4v) is 12.1. The minimum atomic E-state index is 1.23. The van der Waals surface area contributed by atoms with Crippen molar-refractivity contribution in [1.29, 1.82) is 0 Å². The molecule has 0 amide bonds. The van der Waals surface area contributed by atoms with E-state index >= 15 is 0 Å². The Balaban J connectivity index is 0.967. The van der Waals surface area contributed by atoms with Crippen LogP contribution in [0.15, 0.2) is 231 Å². The standard InChI is InChI=1S/C60H38S2/c1-3-15-39(16-4-1)41-31-35-43(36-32-41)45-23-11-27-53-55-29-13-25-51(59(55)61-57(45)53)49-21-9-7-19-47(49)48-20-8-10-22-50(48)52-26-14-30-56-54-28-12-24-46(58(54)62-60(52)56)44-37-33-42(34-38-44)40-17-5-2-6-18-40/h1-38H. The van der Waals surface area contributed by atoms with Crippen LogP contribution in [0.25, 0.3) is 118 Å². The summed E-state index contributed by atoms with van der Waals surface area (Å²) in [6.07, 6.45) is 0. The first-order chi connectivity index (χ1) is 30.8. The molecule has 0 fully saturated rings. The van der Waals surface area contributed by atoms with E-state index in [-0.39, 0.29) is 0 Å². The molecule has 0 saturated carbocycles. The van der Waals surface area contributed by atoms with Gasteiger partial charge in [0.1, 0.15) is 0 Å². The predicted molar refractivity (Wildman–Crippen MR) is 270 cm³/mol. The summed E-state index contributed by atoms with van der Waals surface area (Å²) in [7, 11) is 0. The van der Waals surface area contributed by atoms with Gasteiger partial charge in [-0.3, -0.25) is 0 Å². The molecule has 0 spiro atoms. The van der Waals surface area contributed by atoms with Gasteiger partial charge in [-0.25, -0.2) is 0 Å². The minimum Gasteiger partial charge on any atom is -0.134 e. The second-order valence-electron chi connectivity index (χ2n) is 15.9. The summed E-state index contributed by atoms with van der Waals surface area (Å²) in [4.78, 5) is 0. The Morgan fingerprint density at radius 3 is 0.758 bits per heavy atom. The van der Waals surface area contributed by atoms with E-state index in [1.165, 1.54) is 118 Å². The fraction of sp³-hybridized carbons (Fsp3) is 0. The summed E-state index contributed by atoms with van der Waals surface area (Å²) in [6.45, 7) is 0. The molecule has 0 aliphatic carbocycles. The highest BCUT2D eigenvalue weighted by atomic mass is 32.1. The van der Waals surface area contributed by atoms with Gasteiger partial charge in [0, 0.05) is 51.5 Å². The van der Waals surface area contributed by atoms with Crippen molar-refractivity contribution in [2.45, 2.75) is 0 Å². The first-order valence-corrected chi connectivity index (χ1v) is 22.8. The van der Waals surface area contributed by atoms with Crippen molar-refractivity contribution in [2.75, 3.05) is 0 Å². The van der Waals surface area contributed by atoms with Gasteiger partial charge in [0.2, 0.25) is 0 Å². The van der Waals surface area contributed by atoms with E-state index in [9.17, 15) is 0 Å². The molecule has 0 atom stereocenters.